The summed E-state index contributed by atoms with van der Waals surface area (Å²) in [6, 6.07) is 17.8. The molecule has 2 aromatic carbocycles. The normalized spacial score (nSPS) is 16.4. The zero-order chi connectivity index (χ0) is 20.0. The van der Waals surface area contributed by atoms with Gasteiger partial charge in [0.05, 0.1) is 13.6 Å². The molecular weight excluding hydrogens is 350 g/mol. The van der Waals surface area contributed by atoms with Crippen LogP contribution in [0.4, 0.5) is 10.5 Å². The molecule has 2 aromatic rings. The van der Waals surface area contributed by atoms with Gasteiger partial charge in [0, 0.05) is 25.0 Å². The zero-order valence-electron chi connectivity index (χ0n) is 16.7. The van der Waals surface area contributed by atoms with Crippen LogP contribution in [0.2, 0.25) is 0 Å². The van der Waals surface area contributed by atoms with E-state index in [1.54, 1.807) is 0 Å². The smallest absolute Gasteiger partial charge is 0.415 e. The number of nitrogens with zero attached hydrogens (tertiary/aromatic N) is 1. The van der Waals surface area contributed by atoms with Crippen LogP contribution in [0.1, 0.15) is 43.7 Å². The lowest BCUT2D eigenvalue weighted by Crippen LogP contribution is -2.50. The number of quaternary nitrogens is 1. The van der Waals surface area contributed by atoms with Gasteiger partial charge in [-0.1, -0.05) is 42.0 Å². The molecule has 0 aromatic heterocycles. The Morgan fingerprint density at radius 2 is 1.64 bits per heavy atom. The second-order valence-corrected chi connectivity index (χ2v) is 7.48. The minimum atomic E-state index is -0.261. The zero-order valence-corrected chi connectivity index (χ0v) is 16.7. The maximum atomic E-state index is 12.8. The Morgan fingerprint density at radius 3 is 2.25 bits per heavy atom. The lowest BCUT2D eigenvalue weighted by Gasteiger charge is -2.28. The molecule has 1 atom stereocenters. The lowest BCUT2D eigenvalue weighted by molar-refractivity contribution is -0.119. The Morgan fingerprint density at radius 1 is 1.00 bits per heavy atom. The van der Waals surface area contributed by atoms with Crippen LogP contribution >= 0.6 is 0 Å². The van der Waals surface area contributed by atoms with Crippen molar-refractivity contribution in [2.75, 3.05) is 13.6 Å². The van der Waals surface area contributed by atoms with Gasteiger partial charge in [0.1, 0.15) is 18.1 Å². The van der Waals surface area contributed by atoms with Gasteiger partial charge in [0.25, 0.3) is 0 Å². The number of amides is 1. The number of rotatable bonds is 5. The minimum absolute atomic E-state index is 0.0954. The molecule has 0 saturated heterocycles. The summed E-state index contributed by atoms with van der Waals surface area (Å²) in [7, 11) is 1.88. The van der Waals surface area contributed by atoms with E-state index < -0.39 is 0 Å². The number of ketones is 1. The highest BCUT2D eigenvalue weighted by Gasteiger charge is 2.34. The van der Waals surface area contributed by atoms with Crippen molar-refractivity contribution in [3.63, 3.8) is 0 Å². The molecule has 3 rings (SSSR count). The fraction of sp³-hybridized carbons (Fsp3) is 0.333. The summed E-state index contributed by atoms with van der Waals surface area (Å²) in [6.45, 7) is 2.87. The monoisotopic (exact) mass is 378 g/mol. The summed E-state index contributed by atoms with van der Waals surface area (Å²) in [5.41, 5.74) is 4.31. The van der Waals surface area contributed by atoms with E-state index in [0.29, 0.717) is 25.2 Å². The van der Waals surface area contributed by atoms with Crippen molar-refractivity contribution >= 4 is 23.6 Å². The molecule has 0 N–H and O–H groups in total. The van der Waals surface area contributed by atoms with Crippen LogP contribution in [0.5, 0.6) is 0 Å². The van der Waals surface area contributed by atoms with Crippen molar-refractivity contribution in [1.82, 2.24) is 4.48 Å². The lowest BCUT2D eigenvalue weighted by atomic mass is 9.92. The predicted molar refractivity (Wildman–Crippen MR) is 113 cm³/mol. The summed E-state index contributed by atoms with van der Waals surface area (Å²) in [4.78, 5) is 24.2. The Labute approximate surface area is 167 Å². The van der Waals surface area contributed by atoms with Crippen LogP contribution in [-0.4, -0.2) is 25.5 Å². The molecule has 28 heavy (non-hydrogen) atoms. The summed E-state index contributed by atoms with van der Waals surface area (Å²) < 4.78 is 5.69. The molecule has 0 aliphatic heterocycles. The van der Waals surface area contributed by atoms with Gasteiger partial charge in [-0.2, -0.15) is 9.28 Å². The van der Waals surface area contributed by atoms with Crippen LogP contribution < -0.4 is 4.48 Å². The Bertz CT molecular complexity index is 843. The molecule has 1 aliphatic carbocycles. The van der Waals surface area contributed by atoms with E-state index >= 15 is 0 Å². The molecule has 1 fully saturated rings. The van der Waals surface area contributed by atoms with Gasteiger partial charge in [-0.25, -0.2) is 0 Å². The van der Waals surface area contributed by atoms with E-state index in [-0.39, 0.29) is 17.2 Å². The average molecular weight is 378 g/mol. The summed E-state index contributed by atoms with van der Waals surface area (Å²) in [5.74, 6) is 0.359. The molecule has 4 nitrogen and oxygen atoms in total. The van der Waals surface area contributed by atoms with E-state index in [0.717, 1.165) is 29.7 Å². The van der Waals surface area contributed by atoms with Crippen molar-refractivity contribution in [1.29, 1.82) is 0 Å². The number of allylic oxidation sites excluding steroid dienone is 1. The molecule has 1 unspecified atom stereocenters. The Balaban J connectivity index is 1.69. The maximum absolute atomic E-state index is 12.8. The molecule has 0 heterocycles. The van der Waals surface area contributed by atoms with Gasteiger partial charge >= 0.3 is 6.09 Å². The number of benzene rings is 2. The maximum Gasteiger partial charge on any atom is 0.521 e. The highest BCUT2D eigenvalue weighted by molar-refractivity contribution is 5.82. The molecule has 146 valence electrons. The van der Waals surface area contributed by atoms with Gasteiger partial charge in [0.2, 0.25) is 0 Å². The van der Waals surface area contributed by atoms with Crippen LogP contribution in [-0.2, 0) is 16.1 Å². The third kappa shape index (κ3) is 4.76. The van der Waals surface area contributed by atoms with E-state index in [9.17, 15) is 9.59 Å². The number of hydrogen-bond donors (Lipinski definition) is 0. The van der Waals surface area contributed by atoms with E-state index in [1.807, 2.05) is 68.6 Å². The van der Waals surface area contributed by atoms with Gasteiger partial charge in [-0.05, 0) is 43.0 Å². The molecule has 1 saturated carbocycles. The van der Waals surface area contributed by atoms with Gasteiger partial charge in [0.15, 0.2) is 0 Å². The van der Waals surface area contributed by atoms with Crippen molar-refractivity contribution < 1.29 is 14.3 Å². The second-order valence-electron chi connectivity index (χ2n) is 7.48. The number of carbonyl (C=O) groups is 2. The van der Waals surface area contributed by atoms with Crippen molar-refractivity contribution in [3.8, 4) is 0 Å². The van der Waals surface area contributed by atoms with Crippen molar-refractivity contribution in [2.45, 2.75) is 39.2 Å². The van der Waals surface area contributed by atoms with Gasteiger partial charge < -0.3 is 4.74 Å². The largest absolute Gasteiger partial charge is 0.521 e. The summed E-state index contributed by atoms with van der Waals surface area (Å²) in [6.07, 6.45) is 4.93. The first-order chi connectivity index (χ1) is 13.5. The highest BCUT2D eigenvalue weighted by Crippen LogP contribution is 2.26. The second kappa shape index (κ2) is 8.98. The van der Waals surface area contributed by atoms with E-state index in [4.69, 9.17) is 4.74 Å². The average Bonchev–Trinajstić information content (AvgIpc) is 2.74. The number of carbonyl (C=O) groups excluding carboxylic acids is 2. The summed E-state index contributed by atoms with van der Waals surface area (Å²) >= 11 is 0. The number of hydrogen-bond acceptors (Lipinski definition) is 3. The highest BCUT2D eigenvalue weighted by atomic mass is 16.6. The fourth-order valence-electron chi connectivity index (χ4n) is 3.41. The molecule has 4 heteroatoms. The predicted octanol–water partition coefficient (Wildman–Crippen LogP) is 5.51. The third-order valence-corrected chi connectivity index (χ3v) is 5.52. The Kier molecular flexibility index (Phi) is 6.42. The number of ether oxygens (including phenoxy) is 1. The standard InChI is InChI=1S/C24H28NO3/c1-3-25(2,24(27)28-18-21-7-5-4-6-8-21)22-13-9-19(10-14-22)17-20-11-15-23(26)16-12-20/h4-10,13-14,17H,3,11-12,15-16,18H2,1-2H3/q+1. The molecule has 0 bridgehead atoms. The van der Waals surface area contributed by atoms with Crippen LogP contribution in [0, 0.1) is 0 Å². The minimum Gasteiger partial charge on any atom is -0.415 e. The first-order valence-electron chi connectivity index (χ1n) is 9.90. The van der Waals surface area contributed by atoms with Crippen LogP contribution in [0.25, 0.3) is 6.08 Å². The first kappa shape index (κ1) is 20.0. The van der Waals surface area contributed by atoms with Crippen LogP contribution in [0.3, 0.4) is 0 Å². The molecule has 1 amide bonds. The van der Waals surface area contributed by atoms with E-state index in [2.05, 4.69) is 6.08 Å². The topological polar surface area (TPSA) is 43.4 Å². The van der Waals surface area contributed by atoms with E-state index in [1.165, 1.54) is 5.57 Å². The van der Waals surface area contributed by atoms with Crippen molar-refractivity contribution in [2.24, 2.45) is 0 Å². The summed E-state index contributed by atoms with van der Waals surface area (Å²) in [5, 5.41) is 0. The molecular formula is C24H28NO3+. The van der Waals surface area contributed by atoms with Crippen LogP contribution in [0.15, 0.2) is 60.2 Å². The quantitative estimate of drug-likeness (QED) is 0.645. The van der Waals surface area contributed by atoms with Gasteiger partial charge in [-0.3, -0.25) is 4.79 Å². The Hall–Kier alpha value is -2.72. The van der Waals surface area contributed by atoms with Crippen molar-refractivity contribution in [3.05, 3.63) is 71.3 Å². The first-order valence-corrected chi connectivity index (χ1v) is 9.90. The molecule has 1 aliphatic rings. The third-order valence-electron chi connectivity index (χ3n) is 5.52. The van der Waals surface area contributed by atoms with Gasteiger partial charge in [-0.15, -0.1) is 0 Å². The SMILES string of the molecule is CC[N+](C)(C(=O)OCc1ccccc1)c1ccc(C=C2CCC(=O)CC2)cc1. The molecule has 0 spiro atoms. The fourth-order valence-corrected chi connectivity index (χ4v) is 3.41. The number of Topliss-reactive ketones (excluding diaryl/α,β-unsaturated/α-hetero) is 1. The molecule has 0 radical (unpaired) electrons.